The number of rotatable bonds is 1. The molecule has 5 heteroatoms. The van der Waals surface area contributed by atoms with Gasteiger partial charge in [0.25, 0.3) is 0 Å². The van der Waals surface area contributed by atoms with Gasteiger partial charge in [0.15, 0.2) is 0 Å². The maximum Gasteiger partial charge on any atom is 0.135 e. The van der Waals surface area contributed by atoms with Crippen LogP contribution in [0.1, 0.15) is 24.9 Å². The second-order valence-corrected chi connectivity index (χ2v) is 4.95. The van der Waals surface area contributed by atoms with E-state index in [1.54, 1.807) is 6.07 Å². The van der Waals surface area contributed by atoms with Crippen molar-refractivity contribution in [2.45, 2.75) is 25.5 Å². The quantitative estimate of drug-likeness (QED) is 0.763. The van der Waals surface area contributed by atoms with E-state index in [1.165, 1.54) is 0 Å². The predicted molar refractivity (Wildman–Crippen MR) is 64.8 cm³/mol. The van der Waals surface area contributed by atoms with Crippen LogP contribution in [-0.2, 0) is 0 Å². The molecule has 2 rings (SSSR count). The number of nitrogens with one attached hydrogen (secondary N) is 1. The first-order valence-electron chi connectivity index (χ1n) is 5.33. The first-order valence-corrected chi connectivity index (χ1v) is 6.08. The van der Waals surface area contributed by atoms with E-state index in [2.05, 4.69) is 10.3 Å². The first kappa shape index (κ1) is 12.1. The van der Waals surface area contributed by atoms with Gasteiger partial charge in [-0.3, -0.25) is 0 Å². The Kier molecular flexibility index (Phi) is 3.70. The summed E-state index contributed by atoms with van der Waals surface area (Å²) >= 11 is 11.8. The summed E-state index contributed by atoms with van der Waals surface area (Å²) in [7, 11) is 0. The van der Waals surface area contributed by atoms with Crippen molar-refractivity contribution in [2.75, 3.05) is 6.54 Å². The molecule has 0 radical (unpaired) electrons. The molecule has 0 aromatic carbocycles. The van der Waals surface area contributed by atoms with Crippen LogP contribution in [0.2, 0.25) is 10.3 Å². The minimum Gasteiger partial charge on any atom is -0.391 e. The molecule has 0 amide bonds. The molecule has 1 aromatic rings. The highest BCUT2D eigenvalue weighted by Crippen LogP contribution is 2.31. The van der Waals surface area contributed by atoms with Crippen molar-refractivity contribution in [3.63, 3.8) is 0 Å². The van der Waals surface area contributed by atoms with E-state index in [1.807, 2.05) is 13.0 Å². The summed E-state index contributed by atoms with van der Waals surface area (Å²) in [4.78, 5) is 3.99. The molecule has 0 saturated carbocycles. The molecule has 16 heavy (non-hydrogen) atoms. The number of hydrogen-bond acceptors (Lipinski definition) is 3. The van der Waals surface area contributed by atoms with Gasteiger partial charge >= 0.3 is 0 Å². The molecule has 88 valence electrons. The molecule has 0 aliphatic carbocycles. The van der Waals surface area contributed by atoms with Crippen molar-refractivity contribution in [3.8, 4) is 0 Å². The van der Waals surface area contributed by atoms with Gasteiger partial charge in [0.05, 0.1) is 12.1 Å². The van der Waals surface area contributed by atoms with Crippen LogP contribution in [-0.4, -0.2) is 22.7 Å². The molecule has 2 heterocycles. The van der Waals surface area contributed by atoms with Crippen LogP contribution in [0.15, 0.2) is 12.1 Å². The standard InChI is InChI=1S/C11H14Cl2N2O/c1-6-4-5-14-9(10(6)16)7-2-3-8(12)15-11(7)13/h2-3,6,9-10,14,16H,4-5H2,1H3/t6-,9-,10-/m0/s1. The highest BCUT2D eigenvalue weighted by molar-refractivity contribution is 6.32. The van der Waals surface area contributed by atoms with Gasteiger partial charge in [0.1, 0.15) is 10.3 Å². The number of aliphatic hydroxyl groups excluding tert-OH is 1. The van der Waals surface area contributed by atoms with E-state index < -0.39 is 6.10 Å². The number of nitrogens with zero attached hydrogens (tertiary/aromatic N) is 1. The third-order valence-corrected chi connectivity index (χ3v) is 3.58. The van der Waals surface area contributed by atoms with Gasteiger partial charge in [-0.25, -0.2) is 4.98 Å². The maximum absolute atomic E-state index is 10.1. The molecule has 0 bridgehead atoms. The lowest BCUT2D eigenvalue weighted by molar-refractivity contribution is 0.0497. The second-order valence-electron chi connectivity index (χ2n) is 4.20. The summed E-state index contributed by atoms with van der Waals surface area (Å²) in [6.45, 7) is 2.91. The van der Waals surface area contributed by atoms with Crippen LogP contribution in [0, 0.1) is 5.92 Å². The van der Waals surface area contributed by atoms with Gasteiger partial charge in [0.2, 0.25) is 0 Å². The normalized spacial score (nSPS) is 30.4. The Morgan fingerprint density at radius 3 is 2.88 bits per heavy atom. The summed E-state index contributed by atoms with van der Waals surface area (Å²) in [5.41, 5.74) is 0.810. The van der Waals surface area contributed by atoms with Gasteiger partial charge in [0, 0.05) is 5.56 Å². The summed E-state index contributed by atoms with van der Waals surface area (Å²) < 4.78 is 0. The Balaban J connectivity index is 2.29. The molecule has 0 unspecified atom stereocenters. The zero-order valence-electron chi connectivity index (χ0n) is 8.95. The molecule has 1 aliphatic heterocycles. The molecule has 2 N–H and O–H groups in total. The average Bonchev–Trinajstić information content (AvgIpc) is 2.23. The van der Waals surface area contributed by atoms with E-state index >= 15 is 0 Å². The summed E-state index contributed by atoms with van der Waals surface area (Å²) in [5, 5.41) is 14.1. The molecular formula is C11H14Cl2N2O. The highest BCUT2D eigenvalue weighted by Gasteiger charge is 2.31. The van der Waals surface area contributed by atoms with Crippen molar-refractivity contribution in [2.24, 2.45) is 5.92 Å². The zero-order valence-corrected chi connectivity index (χ0v) is 10.5. The fourth-order valence-corrected chi connectivity index (χ4v) is 2.50. The van der Waals surface area contributed by atoms with Crippen LogP contribution >= 0.6 is 23.2 Å². The smallest absolute Gasteiger partial charge is 0.135 e. The van der Waals surface area contributed by atoms with Crippen molar-refractivity contribution < 1.29 is 5.11 Å². The minimum atomic E-state index is -0.436. The largest absolute Gasteiger partial charge is 0.391 e. The van der Waals surface area contributed by atoms with Gasteiger partial charge in [-0.05, 0) is 24.9 Å². The zero-order chi connectivity index (χ0) is 11.7. The first-order chi connectivity index (χ1) is 7.59. The Morgan fingerprint density at radius 1 is 1.44 bits per heavy atom. The third-order valence-electron chi connectivity index (χ3n) is 3.07. The maximum atomic E-state index is 10.1. The molecule has 1 saturated heterocycles. The van der Waals surface area contributed by atoms with Crippen molar-refractivity contribution in [1.29, 1.82) is 0 Å². The average molecular weight is 261 g/mol. The van der Waals surface area contributed by atoms with E-state index in [0.717, 1.165) is 18.5 Å². The lowest BCUT2D eigenvalue weighted by atomic mass is 9.87. The Morgan fingerprint density at radius 2 is 2.19 bits per heavy atom. The third kappa shape index (κ3) is 2.33. The van der Waals surface area contributed by atoms with Crippen LogP contribution < -0.4 is 5.32 Å². The van der Waals surface area contributed by atoms with Gasteiger partial charge < -0.3 is 10.4 Å². The molecule has 0 spiro atoms. The highest BCUT2D eigenvalue weighted by atomic mass is 35.5. The SMILES string of the molecule is C[C@H]1CCN[C@@H](c2ccc(Cl)nc2Cl)[C@H]1O. The van der Waals surface area contributed by atoms with Crippen LogP contribution in [0.25, 0.3) is 0 Å². The second kappa shape index (κ2) is 4.88. The number of pyridine rings is 1. The summed E-state index contributed by atoms with van der Waals surface area (Å²) in [6.07, 6.45) is 0.533. The van der Waals surface area contributed by atoms with Crippen LogP contribution in [0.4, 0.5) is 0 Å². The Labute approximate surface area is 105 Å². The van der Waals surface area contributed by atoms with Gasteiger partial charge in [-0.1, -0.05) is 36.2 Å². The van der Waals surface area contributed by atoms with Gasteiger partial charge in [-0.2, -0.15) is 0 Å². The lowest BCUT2D eigenvalue weighted by Crippen LogP contribution is -2.42. The molecule has 3 atom stereocenters. The summed E-state index contributed by atoms with van der Waals surface area (Å²) in [6, 6.07) is 3.36. The summed E-state index contributed by atoms with van der Waals surface area (Å²) in [5.74, 6) is 0.262. The fourth-order valence-electron chi connectivity index (χ4n) is 2.04. The monoisotopic (exact) mass is 260 g/mol. The number of hydrogen-bond donors (Lipinski definition) is 2. The topological polar surface area (TPSA) is 45.2 Å². The van der Waals surface area contributed by atoms with E-state index in [4.69, 9.17) is 23.2 Å². The molecule has 1 aromatic heterocycles. The molecule has 1 aliphatic rings. The number of aliphatic hydroxyl groups is 1. The van der Waals surface area contributed by atoms with Gasteiger partial charge in [-0.15, -0.1) is 0 Å². The number of aromatic nitrogens is 1. The van der Waals surface area contributed by atoms with E-state index in [9.17, 15) is 5.11 Å². The van der Waals surface area contributed by atoms with Crippen LogP contribution in [0.5, 0.6) is 0 Å². The fraction of sp³-hybridized carbons (Fsp3) is 0.545. The lowest BCUT2D eigenvalue weighted by Gasteiger charge is -2.34. The number of piperidine rings is 1. The predicted octanol–water partition coefficient (Wildman–Crippen LogP) is 2.42. The molecular weight excluding hydrogens is 247 g/mol. The van der Waals surface area contributed by atoms with Crippen molar-refractivity contribution in [1.82, 2.24) is 10.3 Å². The molecule has 3 nitrogen and oxygen atoms in total. The van der Waals surface area contributed by atoms with E-state index in [0.29, 0.717) is 10.3 Å². The van der Waals surface area contributed by atoms with Crippen LogP contribution in [0.3, 0.4) is 0 Å². The van der Waals surface area contributed by atoms with Crippen molar-refractivity contribution >= 4 is 23.2 Å². The van der Waals surface area contributed by atoms with Crippen molar-refractivity contribution in [3.05, 3.63) is 28.0 Å². The molecule has 1 fully saturated rings. The Bertz CT molecular complexity index is 386. The minimum absolute atomic E-state index is 0.152. The number of halogens is 2. The Hall–Kier alpha value is -0.350. The van der Waals surface area contributed by atoms with E-state index in [-0.39, 0.29) is 12.0 Å².